The summed E-state index contributed by atoms with van der Waals surface area (Å²) in [7, 11) is 0. The van der Waals surface area contributed by atoms with Gasteiger partial charge in [-0.3, -0.25) is 14.2 Å². The third kappa shape index (κ3) is 5.04. The van der Waals surface area contributed by atoms with Crippen LogP contribution in [0, 0.1) is 6.92 Å². The van der Waals surface area contributed by atoms with Crippen LogP contribution in [0.5, 0.6) is 11.5 Å². The number of amides is 1. The number of fused-ring (bicyclic) bond motifs is 1. The maximum Gasteiger partial charge on any atom is 0.266 e. The summed E-state index contributed by atoms with van der Waals surface area (Å²) < 4.78 is 1.50. The van der Waals surface area contributed by atoms with Gasteiger partial charge in [0.15, 0.2) is 16.7 Å². The molecule has 3 aromatic carbocycles. The minimum atomic E-state index is -0.392. The molecule has 33 heavy (non-hydrogen) atoms. The lowest BCUT2D eigenvalue weighted by Gasteiger charge is -2.13. The van der Waals surface area contributed by atoms with E-state index in [1.54, 1.807) is 24.3 Å². The molecule has 0 saturated carbocycles. The molecule has 0 aliphatic carbocycles. The molecule has 0 aliphatic rings. The van der Waals surface area contributed by atoms with Crippen molar-refractivity contribution >= 4 is 34.8 Å². The van der Waals surface area contributed by atoms with Gasteiger partial charge in [-0.05, 0) is 55.0 Å². The zero-order valence-electron chi connectivity index (χ0n) is 17.6. The van der Waals surface area contributed by atoms with E-state index in [0.29, 0.717) is 27.3 Å². The molecule has 0 aliphatic heterocycles. The average molecular weight is 461 g/mol. The summed E-state index contributed by atoms with van der Waals surface area (Å²) in [5, 5.41) is 23.6. The molecule has 1 heterocycles. The van der Waals surface area contributed by atoms with Gasteiger partial charge in [0.25, 0.3) is 11.5 Å². The Bertz CT molecular complexity index is 1410. The number of thioether (sulfide) groups is 1. The second kappa shape index (κ2) is 9.58. The molecule has 0 fully saturated rings. The van der Waals surface area contributed by atoms with Crippen LogP contribution in [0.25, 0.3) is 16.6 Å². The smallest absolute Gasteiger partial charge is 0.266 e. The Morgan fingerprint density at radius 2 is 1.85 bits per heavy atom. The highest BCUT2D eigenvalue weighted by atomic mass is 32.2. The molecule has 0 unspecified atom stereocenters. The van der Waals surface area contributed by atoms with Crippen LogP contribution in [0.3, 0.4) is 0 Å². The van der Waals surface area contributed by atoms with E-state index in [4.69, 9.17) is 0 Å². The molecule has 0 spiro atoms. The number of hydrogen-bond acceptors (Lipinski definition) is 7. The van der Waals surface area contributed by atoms with Crippen LogP contribution in [-0.2, 0) is 4.79 Å². The Balaban J connectivity index is 1.55. The lowest BCUT2D eigenvalue weighted by molar-refractivity contribution is -0.118. The molecular weight excluding hydrogens is 440 g/mol. The van der Waals surface area contributed by atoms with Crippen molar-refractivity contribution in [3.8, 4) is 17.2 Å². The highest BCUT2D eigenvalue weighted by molar-refractivity contribution is 7.99. The molecule has 0 bridgehead atoms. The third-order valence-corrected chi connectivity index (χ3v) is 5.71. The van der Waals surface area contributed by atoms with Crippen LogP contribution in [0.2, 0.25) is 0 Å². The highest BCUT2D eigenvalue weighted by Crippen LogP contribution is 2.24. The van der Waals surface area contributed by atoms with Crippen molar-refractivity contribution in [2.24, 2.45) is 5.10 Å². The molecule has 3 N–H and O–H groups in total. The molecule has 1 aromatic heterocycles. The Labute approximate surface area is 193 Å². The molecular formula is C24H20N4O4S. The summed E-state index contributed by atoms with van der Waals surface area (Å²) in [5.41, 5.74) is 4.98. The third-order valence-electron chi connectivity index (χ3n) is 4.77. The quantitative estimate of drug-likeness (QED) is 0.134. The van der Waals surface area contributed by atoms with E-state index < -0.39 is 5.91 Å². The largest absolute Gasteiger partial charge is 0.504 e. The maximum atomic E-state index is 13.2. The van der Waals surface area contributed by atoms with E-state index in [1.165, 1.54) is 22.9 Å². The van der Waals surface area contributed by atoms with E-state index in [9.17, 15) is 19.8 Å². The Hall–Kier alpha value is -4.11. The zero-order valence-corrected chi connectivity index (χ0v) is 18.4. The van der Waals surface area contributed by atoms with Crippen LogP contribution in [0.4, 0.5) is 0 Å². The van der Waals surface area contributed by atoms with Gasteiger partial charge in [-0.15, -0.1) is 0 Å². The van der Waals surface area contributed by atoms with Gasteiger partial charge in [0.2, 0.25) is 0 Å². The predicted molar refractivity (Wildman–Crippen MR) is 128 cm³/mol. The molecule has 9 heteroatoms. The maximum absolute atomic E-state index is 13.2. The van der Waals surface area contributed by atoms with Crippen LogP contribution in [-0.4, -0.2) is 37.6 Å². The van der Waals surface area contributed by atoms with E-state index in [1.807, 2.05) is 37.3 Å². The number of benzene rings is 3. The van der Waals surface area contributed by atoms with Gasteiger partial charge in [-0.2, -0.15) is 5.10 Å². The van der Waals surface area contributed by atoms with Crippen LogP contribution >= 0.6 is 11.8 Å². The molecule has 0 atom stereocenters. The van der Waals surface area contributed by atoms with Crippen LogP contribution in [0.15, 0.2) is 81.8 Å². The first-order valence-electron chi connectivity index (χ1n) is 9.98. The Morgan fingerprint density at radius 3 is 2.61 bits per heavy atom. The number of nitrogens with one attached hydrogen (secondary N) is 1. The van der Waals surface area contributed by atoms with E-state index in [-0.39, 0.29) is 22.8 Å². The molecule has 8 nitrogen and oxygen atoms in total. The van der Waals surface area contributed by atoms with Gasteiger partial charge in [0.1, 0.15) is 0 Å². The number of aromatic hydroxyl groups is 2. The SMILES string of the molecule is Cc1ccc(-n2c(SCC(=O)N/N=C/c3ccc(O)c(O)c3)nc3ccccc3c2=O)cc1. The fourth-order valence-corrected chi connectivity index (χ4v) is 3.90. The monoisotopic (exact) mass is 460 g/mol. The first-order valence-corrected chi connectivity index (χ1v) is 11.0. The minimum absolute atomic E-state index is 0.0190. The number of phenols is 2. The number of hydrogen-bond donors (Lipinski definition) is 3. The number of aryl methyl sites for hydroxylation is 1. The number of hydrazone groups is 1. The number of aromatic nitrogens is 2. The number of phenolic OH excluding ortho intramolecular Hbond substituents is 2. The first-order chi connectivity index (χ1) is 15.9. The number of carbonyl (C=O) groups excluding carboxylic acids is 1. The topological polar surface area (TPSA) is 117 Å². The summed E-state index contributed by atoms with van der Waals surface area (Å²) >= 11 is 1.13. The standard InChI is InChI=1S/C24H20N4O4S/c1-15-6-9-17(10-7-15)28-23(32)18-4-2-3-5-19(18)26-24(28)33-14-22(31)27-25-13-16-8-11-20(29)21(30)12-16/h2-13,29-30H,14H2,1H3,(H,27,31)/b25-13+. The second-order valence-electron chi connectivity index (χ2n) is 7.22. The van der Waals surface area contributed by atoms with E-state index in [2.05, 4.69) is 15.5 Å². The van der Waals surface area contributed by atoms with Crippen molar-refractivity contribution in [2.75, 3.05) is 5.75 Å². The number of rotatable bonds is 6. The van der Waals surface area contributed by atoms with Crippen molar-refractivity contribution in [3.05, 3.63) is 88.2 Å². The summed E-state index contributed by atoms with van der Waals surface area (Å²) in [4.78, 5) is 30.1. The number of carbonyl (C=O) groups is 1. The number of nitrogens with zero attached hydrogens (tertiary/aromatic N) is 3. The highest BCUT2D eigenvalue weighted by Gasteiger charge is 2.14. The first kappa shape index (κ1) is 22.1. The predicted octanol–water partition coefficient (Wildman–Crippen LogP) is 3.35. The molecule has 1 amide bonds. The lowest BCUT2D eigenvalue weighted by Crippen LogP contribution is -2.24. The van der Waals surface area contributed by atoms with Crippen molar-refractivity contribution in [2.45, 2.75) is 12.1 Å². The van der Waals surface area contributed by atoms with Gasteiger partial charge < -0.3 is 10.2 Å². The van der Waals surface area contributed by atoms with Gasteiger partial charge >= 0.3 is 0 Å². The van der Waals surface area contributed by atoms with E-state index >= 15 is 0 Å². The Morgan fingerprint density at radius 1 is 1.09 bits per heavy atom. The van der Waals surface area contributed by atoms with Crippen molar-refractivity contribution < 1.29 is 15.0 Å². The molecule has 0 radical (unpaired) electrons. The van der Waals surface area contributed by atoms with Crippen LogP contribution < -0.4 is 11.0 Å². The Kier molecular flexibility index (Phi) is 6.41. The van der Waals surface area contributed by atoms with Gasteiger partial charge in [-0.1, -0.05) is 41.6 Å². The summed E-state index contributed by atoms with van der Waals surface area (Å²) in [5.74, 6) is -0.932. The molecule has 4 aromatic rings. The van der Waals surface area contributed by atoms with Crippen LogP contribution in [0.1, 0.15) is 11.1 Å². The van der Waals surface area contributed by atoms with Gasteiger partial charge in [-0.25, -0.2) is 10.4 Å². The fraction of sp³-hybridized carbons (Fsp3) is 0.0833. The summed E-state index contributed by atoms with van der Waals surface area (Å²) in [6, 6.07) is 18.8. The molecule has 4 rings (SSSR count). The molecule has 0 saturated heterocycles. The average Bonchev–Trinajstić information content (AvgIpc) is 2.81. The zero-order chi connectivity index (χ0) is 23.4. The normalized spacial score (nSPS) is 11.2. The summed E-state index contributed by atoms with van der Waals surface area (Å²) in [6.07, 6.45) is 1.35. The van der Waals surface area contributed by atoms with E-state index in [0.717, 1.165) is 17.3 Å². The summed E-state index contributed by atoms with van der Waals surface area (Å²) in [6.45, 7) is 1.96. The van der Waals surface area contributed by atoms with Crippen molar-refractivity contribution in [1.82, 2.24) is 15.0 Å². The van der Waals surface area contributed by atoms with Crippen molar-refractivity contribution in [1.29, 1.82) is 0 Å². The fourth-order valence-electron chi connectivity index (χ4n) is 3.09. The lowest BCUT2D eigenvalue weighted by atomic mass is 10.2. The number of para-hydroxylation sites is 1. The van der Waals surface area contributed by atoms with Crippen molar-refractivity contribution in [3.63, 3.8) is 0 Å². The molecule has 166 valence electrons. The van der Waals surface area contributed by atoms with Gasteiger partial charge in [0.05, 0.1) is 28.6 Å². The minimum Gasteiger partial charge on any atom is -0.504 e. The second-order valence-corrected chi connectivity index (χ2v) is 8.16. The van der Waals surface area contributed by atoms with Gasteiger partial charge in [0, 0.05) is 0 Å².